The van der Waals surface area contributed by atoms with Gasteiger partial charge >= 0.3 is 5.97 Å². The average Bonchev–Trinajstić information content (AvgIpc) is 2.46. The number of aliphatic carboxylic acids is 1. The van der Waals surface area contributed by atoms with Crippen LogP contribution in [-0.2, 0) is 10.5 Å². The first-order valence-electron chi connectivity index (χ1n) is 6.27. The Morgan fingerprint density at radius 2 is 1.75 bits per heavy atom. The first-order chi connectivity index (χ1) is 9.68. The highest BCUT2D eigenvalue weighted by Crippen LogP contribution is 2.26. The van der Waals surface area contributed by atoms with E-state index in [4.69, 9.17) is 11.6 Å². The normalized spacial score (nSPS) is 12.1. The molecule has 1 unspecified atom stereocenters. The Morgan fingerprint density at radius 1 is 1.10 bits per heavy atom. The Labute approximate surface area is 127 Å². The maximum Gasteiger partial charge on any atom is 0.311 e. The molecule has 2 nitrogen and oxygen atoms in total. The predicted octanol–water partition coefficient (Wildman–Crippen LogP) is 4.44. The maximum absolute atomic E-state index is 11.4. The van der Waals surface area contributed by atoms with Crippen molar-refractivity contribution in [2.75, 3.05) is 5.75 Å². The molecule has 2 rings (SSSR count). The molecule has 0 aliphatic carbocycles. The standard InChI is InChI=1S/C16H15ClO2S/c17-15-9-5-4-8-13(15)10-20-11-14(16(18)19)12-6-2-1-3-7-12/h1-9,14H,10-11H2,(H,18,19). The van der Waals surface area contributed by atoms with Crippen molar-refractivity contribution in [1.82, 2.24) is 0 Å². The highest BCUT2D eigenvalue weighted by atomic mass is 35.5. The summed E-state index contributed by atoms with van der Waals surface area (Å²) in [5, 5.41) is 10.1. The van der Waals surface area contributed by atoms with Gasteiger partial charge in [0.1, 0.15) is 0 Å². The second-order valence-electron chi connectivity index (χ2n) is 4.41. The highest BCUT2D eigenvalue weighted by molar-refractivity contribution is 7.98. The number of carboxylic acids is 1. The van der Waals surface area contributed by atoms with E-state index in [2.05, 4.69) is 0 Å². The zero-order valence-corrected chi connectivity index (χ0v) is 12.4. The summed E-state index contributed by atoms with van der Waals surface area (Å²) in [5.74, 6) is -0.0209. The van der Waals surface area contributed by atoms with Gasteiger partial charge in [0.25, 0.3) is 0 Å². The number of thioether (sulfide) groups is 1. The maximum atomic E-state index is 11.4. The zero-order valence-electron chi connectivity index (χ0n) is 10.8. The van der Waals surface area contributed by atoms with E-state index in [-0.39, 0.29) is 0 Å². The van der Waals surface area contributed by atoms with Crippen LogP contribution in [0.25, 0.3) is 0 Å². The first-order valence-corrected chi connectivity index (χ1v) is 7.80. The van der Waals surface area contributed by atoms with Crippen LogP contribution in [0, 0.1) is 0 Å². The van der Waals surface area contributed by atoms with Crippen LogP contribution in [0.3, 0.4) is 0 Å². The Hall–Kier alpha value is -1.45. The van der Waals surface area contributed by atoms with E-state index in [1.54, 1.807) is 11.8 Å². The monoisotopic (exact) mass is 306 g/mol. The lowest BCUT2D eigenvalue weighted by Crippen LogP contribution is -2.14. The quantitative estimate of drug-likeness (QED) is 0.857. The molecule has 0 spiro atoms. The molecule has 0 fully saturated rings. The Bertz CT molecular complexity index is 572. The Kier molecular flexibility index (Phi) is 5.50. The Balaban J connectivity index is 1.97. The van der Waals surface area contributed by atoms with Gasteiger partial charge < -0.3 is 5.11 Å². The van der Waals surface area contributed by atoms with E-state index in [1.807, 2.05) is 54.6 Å². The fourth-order valence-corrected chi connectivity index (χ4v) is 3.34. The van der Waals surface area contributed by atoms with Crippen LogP contribution in [0.15, 0.2) is 54.6 Å². The van der Waals surface area contributed by atoms with Crippen LogP contribution in [0.4, 0.5) is 0 Å². The molecule has 0 bridgehead atoms. The topological polar surface area (TPSA) is 37.3 Å². The van der Waals surface area contributed by atoms with Gasteiger partial charge in [-0.05, 0) is 17.2 Å². The zero-order chi connectivity index (χ0) is 14.4. The molecule has 0 saturated carbocycles. The van der Waals surface area contributed by atoms with Gasteiger partial charge in [-0.3, -0.25) is 4.79 Å². The number of carbonyl (C=O) groups is 1. The molecule has 4 heteroatoms. The molecule has 0 aliphatic heterocycles. The molecule has 2 aromatic carbocycles. The molecule has 2 aromatic rings. The number of rotatable bonds is 6. The SMILES string of the molecule is O=C(O)C(CSCc1ccccc1Cl)c1ccccc1. The smallest absolute Gasteiger partial charge is 0.311 e. The third kappa shape index (κ3) is 4.02. The van der Waals surface area contributed by atoms with Crippen LogP contribution in [0.5, 0.6) is 0 Å². The number of hydrogen-bond donors (Lipinski definition) is 1. The van der Waals surface area contributed by atoms with Crippen LogP contribution in [0.1, 0.15) is 17.0 Å². The van der Waals surface area contributed by atoms with Crippen molar-refractivity contribution in [3.63, 3.8) is 0 Å². The molecule has 1 atom stereocenters. The van der Waals surface area contributed by atoms with Gasteiger partial charge in [0.05, 0.1) is 5.92 Å². The number of carboxylic acid groups (broad SMARTS) is 1. The van der Waals surface area contributed by atoms with Crippen LogP contribution < -0.4 is 0 Å². The van der Waals surface area contributed by atoms with Gasteiger partial charge in [0, 0.05) is 16.5 Å². The molecule has 0 heterocycles. The number of halogens is 1. The minimum atomic E-state index is -0.789. The van der Waals surface area contributed by atoms with Crippen molar-refractivity contribution >= 4 is 29.3 Å². The third-order valence-corrected chi connectivity index (χ3v) is 4.45. The summed E-state index contributed by atoms with van der Waals surface area (Å²) in [6.45, 7) is 0. The molecular weight excluding hydrogens is 292 g/mol. The van der Waals surface area contributed by atoms with Crippen molar-refractivity contribution in [3.05, 3.63) is 70.7 Å². The fraction of sp³-hybridized carbons (Fsp3) is 0.188. The minimum Gasteiger partial charge on any atom is -0.481 e. The minimum absolute atomic E-state index is 0.483. The molecular formula is C16H15ClO2S. The molecule has 0 amide bonds. The van der Waals surface area contributed by atoms with Crippen molar-refractivity contribution in [2.45, 2.75) is 11.7 Å². The summed E-state index contributed by atoms with van der Waals surface area (Å²) in [6.07, 6.45) is 0. The second-order valence-corrected chi connectivity index (χ2v) is 5.85. The van der Waals surface area contributed by atoms with Gasteiger partial charge in [-0.25, -0.2) is 0 Å². The van der Waals surface area contributed by atoms with Crippen LogP contribution in [0.2, 0.25) is 5.02 Å². The van der Waals surface area contributed by atoms with Crippen molar-refractivity contribution in [1.29, 1.82) is 0 Å². The van der Waals surface area contributed by atoms with E-state index < -0.39 is 11.9 Å². The molecule has 0 aromatic heterocycles. The number of benzene rings is 2. The van der Waals surface area contributed by atoms with E-state index in [1.165, 1.54) is 0 Å². The lowest BCUT2D eigenvalue weighted by Gasteiger charge is -2.12. The van der Waals surface area contributed by atoms with Crippen LogP contribution >= 0.6 is 23.4 Å². The summed E-state index contributed by atoms with van der Waals surface area (Å²) < 4.78 is 0. The summed E-state index contributed by atoms with van der Waals surface area (Å²) in [6, 6.07) is 17.0. The van der Waals surface area contributed by atoms with Gasteiger partial charge in [-0.2, -0.15) is 11.8 Å². The first kappa shape index (κ1) is 14.9. The van der Waals surface area contributed by atoms with Crippen LogP contribution in [-0.4, -0.2) is 16.8 Å². The van der Waals surface area contributed by atoms with Crippen molar-refractivity contribution < 1.29 is 9.90 Å². The third-order valence-electron chi connectivity index (χ3n) is 3.00. The van der Waals surface area contributed by atoms with E-state index >= 15 is 0 Å². The lowest BCUT2D eigenvalue weighted by atomic mass is 10.0. The molecule has 20 heavy (non-hydrogen) atoms. The predicted molar refractivity (Wildman–Crippen MR) is 84.4 cm³/mol. The van der Waals surface area contributed by atoms with Gasteiger partial charge in [0.15, 0.2) is 0 Å². The van der Waals surface area contributed by atoms with E-state index in [0.29, 0.717) is 5.75 Å². The van der Waals surface area contributed by atoms with Gasteiger partial charge in [-0.1, -0.05) is 60.1 Å². The molecule has 104 valence electrons. The highest BCUT2D eigenvalue weighted by Gasteiger charge is 2.19. The van der Waals surface area contributed by atoms with Crippen molar-refractivity contribution in [3.8, 4) is 0 Å². The summed E-state index contributed by atoms with van der Waals surface area (Å²) in [7, 11) is 0. The second kappa shape index (κ2) is 7.36. The molecule has 0 saturated heterocycles. The molecule has 0 radical (unpaired) electrons. The summed E-state index contributed by atoms with van der Waals surface area (Å²) in [5.41, 5.74) is 1.88. The largest absolute Gasteiger partial charge is 0.481 e. The lowest BCUT2D eigenvalue weighted by molar-refractivity contribution is -0.138. The van der Waals surface area contributed by atoms with Gasteiger partial charge in [-0.15, -0.1) is 0 Å². The Morgan fingerprint density at radius 3 is 2.40 bits per heavy atom. The van der Waals surface area contributed by atoms with Gasteiger partial charge in [0.2, 0.25) is 0 Å². The molecule has 0 aliphatic rings. The molecule has 1 N–H and O–H groups in total. The fourth-order valence-electron chi connectivity index (χ4n) is 1.90. The van der Waals surface area contributed by atoms with E-state index in [9.17, 15) is 9.90 Å². The summed E-state index contributed by atoms with van der Waals surface area (Å²) >= 11 is 7.68. The average molecular weight is 307 g/mol. The number of hydrogen-bond acceptors (Lipinski definition) is 2. The summed E-state index contributed by atoms with van der Waals surface area (Å²) in [4.78, 5) is 11.4. The van der Waals surface area contributed by atoms with E-state index in [0.717, 1.165) is 21.9 Å². The van der Waals surface area contributed by atoms with Crippen molar-refractivity contribution in [2.24, 2.45) is 0 Å².